The van der Waals surface area contributed by atoms with Gasteiger partial charge in [-0.05, 0) is 28.9 Å². The van der Waals surface area contributed by atoms with Crippen molar-refractivity contribution < 1.29 is 4.79 Å². The Bertz CT molecular complexity index is 949. The molecule has 3 aromatic rings. The van der Waals surface area contributed by atoms with Gasteiger partial charge >= 0.3 is 0 Å². The van der Waals surface area contributed by atoms with Gasteiger partial charge in [-0.3, -0.25) is 4.79 Å². The van der Waals surface area contributed by atoms with Gasteiger partial charge < -0.3 is 0 Å². The molecule has 35 heavy (non-hydrogen) atoms. The number of carbonyl (C=O) groups excluding carboxylic acids is 1. The molecule has 186 valence electrons. The molecule has 0 N–H and O–H groups in total. The number of benzene rings is 3. The molecule has 1 unspecified atom stereocenters. The van der Waals surface area contributed by atoms with Crippen LogP contribution in [0, 0.1) is 0 Å². The van der Waals surface area contributed by atoms with E-state index in [0.717, 1.165) is 16.9 Å². The quantitative estimate of drug-likeness (QED) is 0.139. The molecule has 3 rings (SSSR count). The van der Waals surface area contributed by atoms with Gasteiger partial charge in [0.15, 0.2) is 5.78 Å². The van der Waals surface area contributed by atoms with Crippen LogP contribution in [0.25, 0.3) is 11.1 Å². The fourth-order valence-corrected chi connectivity index (χ4v) is 5.80. The summed E-state index contributed by atoms with van der Waals surface area (Å²) in [6, 6.07) is 29.0. The molecule has 0 spiro atoms. The van der Waals surface area contributed by atoms with Crippen molar-refractivity contribution in [2.75, 3.05) is 5.75 Å². The van der Waals surface area contributed by atoms with Crippen LogP contribution in [0.1, 0.15) is 98.7 Å². The lowest BCUT2D eigenvalue weighted by Crippen LogP contribution is -2.06. The van der Waals surface area contributed by atoms with Gasteiger partial charge in [0.05, 0.1) is 0 Å². The van der Waals surface area contributed by atoms with Crippen molar-refractivity contribution in [1.82, 2.24) is 0 Å². The molecule has 0 aliphatic heterocycles. The van der Waals surface area contributed by atoms with Crippen molar-refractivity contribution in [3.63, 3.8) is 0 Å². The van der Waals surface area contributed by atoms with Crippen molar-refractivity contribution in [3.05, 3.63) is 96.1 Å². The van der Waals surface area contributed by atoms with E-state index in [2.05, 4.69) is 61.5 Å². The van der Waals surface area contributed by atoms with Gasteiger partial charge in [-0.15, -0.1) is 0 Å². The van der Waals surface area contributed by atoms with E-state index in [4.69, 9.17) is 0 Å². The zero-order valence-corrected chi connectivity index (χ0v) is 22.3. The molecule has 0 aliphatic rings. The van der Waals surface area contributed by atoms with E-state index in [9.17, 15) is 4.79 Å². The van der Waals surface area contributed by atoms with Gasteiger partial charge in [-0.1, -0.05) is 150 Å². The number of Topliss-reactive ketones (excluding diaryl/α,β-unsaturated/α-hetero) is 1. The van der Waals surface area contributed by atoms with Crippen molar-refractivity contribution >= 4 is 17.5 Å². The molecule has 0 saturated heterocycles. The SMILES string of the molecule is CCCCCCCCCCCCSC(CC(=O)c1ccc(-c2ccccc2)cc1)c1ccccc1. The summed E-state index contributed by atoms with van der Waals surface area (Å²) in [4.78, 5) is 13.2. The Morgan fingerprint density at radius 3 is 1.74 bits per heavy atom. The molecule has 0 aromatic heterocycles. The first-order chi connectivity index (χ1) is 17.3. The number of hydrogen-bond donors (Lipinski definition) is 0. The largest absolute Gasteiger partial charge is 0.294 e. The van der Waals surface area contributed by atoms with Crippen molar-refractivity contribution in [2.24, 2.45) is 0 Å². The van der Waals surface area contributed by atoms with Gasteiger partial charge in [0.25, 0.3) is 0 Å². The maximum Gasteiger partial charge on any atom is 0.164 e. The highest BCUT2D eigenvalue weighted by Gasteiger charge is 2.18. The van der Waals surface area contributed by atoms with E-state index in [0.29, 0.717) is 6.42 Å². The highest BCUT2D eigenvalue weighted by molar-refractivity contribution is 7.99. The zero-order chi connectivity index (χ0) is 24.6. The Hall–Kier alpha value is -2.32. The standard InChI is InChI=1S/C33H42OS/c1-2-3-4-5-6-7-8-9-10-17-26-35-33(31-20-15-12-16-21-31)27-32(34)30-24-22-29(23-25-30)28-18-13-11-14-19-28/h11-16,18-25,33H,2-10,17,26-27H2,1H3. The average Bonchev–Trinajstić information content (AvgIpc) is 2.92. The van der Waals surface area contributed by atoms with Gasteiger partial charge in [0.1, 0.15) is 0 Å². The monoisotopic (exact) mass is 486 g/mol. The topological polar surface area (TPSA) is 17.1 Å². The van der Waals surface area contributed by atoms with Crippen molar-refractivity contribution in [1.29, 1.82) is 0 Å². The first-order valence-corrected chi connectivity index (χ1v) is 14.7. The summed E-state index contributed by atoms with van der Waals surface area (Å²) in [5.41, 5.74) is 4.40. The molecule has 1 atom stereocenters. The third-order valence-corrected chi connectivity index (χ3v) is 8.04. The molecule has 0 saturated carbocycles. The molecule has 0 aliphatic carbocycles. The molecule has 0 fully saturated rings. The van der Waals surface area contributed by atoms with Crippen LogP contribution in [-0.4, -0.2) is 11.5 Å². The fourth-order valence-electron chi connectivity index (χ4n) is 4.52. The second-order valence-electron chi connectivity index (χ2n) is 9.52. The summed E-state index contributed by atoms with van der Waals surface area (Å²) < 4.78 is 0. The van der Waals surface area contributed by atoms with Crippen LogP contribution in [0.5, 0.6) is 0 Å². The second kappa shape index (κ2) is 16.4. The molecule has 0 amide bonds. The van der Waals surface area contributed by atoms with Crippen LogP contribution in [0.2, 0.25) is 0 Å². The summed E-state index contributed by atoms with van der Waals surface area (Å²) >= 11 is 1.95. The van der Waals surface area contributed by atoms with Crippen LogP contribution in [0.15, 0.2) is 84.9 Å². The lowest BCUT2D eigenvalue weighted by molar-refractivity contribution is 0.0982. The van der Waals surface area contributed by atoms with Gasteiger partial charge in [-0.25, -0.2) is 0 Å². The molecule has 1 nitrogen and oxygen atoms in total. The third kappa shape index (κ3) is 10.1. The summed E-state index contributed by atoms with van der Waals surface area (Å²) in [7, 11) is 0. The minimum atomic E-state index is 0.219. The maximum absolute atomic E-state index is 13.2. The first-order valence-electron chi connectivity index (χ1n) is 13.6. The van der Waals surface area contributed by atoms with Crippen LogP contribution in [-0.2, 0) is 0 Å². The Morgan fingerprint density at radius 2 is 1.14 bits per heavy atom. The minimum absolute atomic E-state index is 0.219. The van der Waals surface area contributed by atoms with E-state index in [1.807, 2.05) is 42.1 Å². The highest BCUT2D eigenvalue weighted by Crippen LogP contribution is 2.34. The molecule has 0 bridgehead atoms. The van der Waals surface area contributed by atoms with Crippen LogP contribution in [0.4, 0.5) is 0 Å². The average molecular weight is 487 g/mol. The lowest BCUT2D eigenvalue weighted by atomic mass is 9.99. The van der Waals surface area contributed by atoms with E-state index < -0.39 is 0 Å². The van der Waals surface area contributed by atoms with E-state index in [1.165, 1.54) is 75.3 Å². The summed E-state index contributed by atoms with van der Waals surface area (Å²) in [6.07, 6.45) is 14.1. The predicted molar refractivity (Wildman–Crippen MR) is 154 cm³/mol. The molecule has 0 heterocycles. The van der Waals surface area contributed by atoms with Gasteiger partial charge in [0, 0.05) is 17.2 Å². The molecule has 3 aromatic carbocycles. The van der Waals surface area contributed by atoms with Crippen molar-refractivity contribution in [3.8, 4) is 11.1 Å². The number of carbonyl (C=O) groups is 1. The van der Waals surface area contributed by atoms with E-state index >= 15 is 0 Å². The predicted octanol–water partition coefficient (Wildman–Crippen LogP) is 10.3. The van der Waals surface area contributed by atoms with Gasteiger partial charge in [-0.2, -0.15) is 11.8 Å². The summed E-state index contributed by atoms with van der Waals surface area (Å²) in [5.74, 6) is 1.35. The van der Waals surface area contributed by atoms with E-state index in [1.54, 1.807) is 0 Å². The molecule has 2 heteroatoms. The zero-order valence-electron chi connectivity index (χ0n) is 21.5. The third-order valence-electron chi connectivity index (χ3n) is 6.67. The Labute approximate surface area is 217 Å². The maximum atomic E-state index is 13.2. The Morgan fingerprint density at radius 1 is 0.629 bits per heavy atom. The van der Waals surface area contributed by atoms with E-state index in [-0.39, 0.29) is 11.0 Å². The molecule has 0 radical (unpaired) electrons. The highest BCUT2D eigenvalue weighted by atomic mass is 32.2. The molecular weight excluding hydrogens is 444 g/mol. The fraction of sp³-hybridized carbons (Fsp3) is 0.424. The number of unbranched alkanes of at least 4 members (excludes halogenated alkanes) is 9. The van der Waals surface area contributed by atoms with Crippen LogP contribution >= 0.6 is 11.8 Å². The minimum Gasteiger partial charge on any atom is -0.294 e. The summed E-state index contributed by atoms with van der Waals surface area (Å²) in [5, 5.41) is 0.219. The number of thioether (sulfide) groups is 1. The Balaban J connectivity index is 1.45. The first kappa shape index (κ1) is 27.3. The summed E-state index contributed by atoms with van der Waals surface area (Å²) in [6.45, 7) is 2.28. The second-order valence-corrected chi connectivity index (χ2v) is 10.8. The Kier molecular flexibility index (Phi) is 12.8. The van der Waals surface area contributed by atoms with Crippen LogP contribution in [0.3, 0.4) is 0 Å². The number of ketones is 1. The smallest absolute Gasteiger partial charge is 0.164 e. The normalized spacial score (nSPS) is 11.9. The lowest BCUT2D eigenvalue weighted by Gasteiger charge is -2.17. The number of hydrogen-bond acceptors (Lipinski definition) is 2. The van der Waals surface area contributed by atoms with Crippen molar-refractivity contribution in [2.45, 2.75) is 82.8 Å². The molecular formula is C33H42OS. The number of rotatable bonds is 17. The van der Waals surface area contributed by atoms with Gasteiger partial charge in [0.2, 0.25) is 0 Å². The van der Waals surface area contributed by atoms with Crippen LogP contribution < -0.4 is 0 Å².